The van der Waals surface area contributed by atoms with Crippen LogP contribution >= 0.6 is 15.9 Å². The summed E-state index contributed by atoms with van der Waals surface area (Å²) in [6.45, 7) is 0.478. The lowest BCUT2D eigenvalue weighted by molar-refractivity contribution is 0.511. The summed E-state index contributed by atoms with van der Waals surface area (Å²) in [5, 5.41) is 0. The third kappa shape index (κ3) is 2.95. The number of hydrogen-bond donors (Lipinski definition) is 1. The number of nitrogens with two attached hydrogens (primary N) is 1. The van der Waals surface area contributed by atoms with E-state index in [2.05, 4.69) is 15.9 Å². The predicted octanol–water partition coefficient (Wildman–Crippen LogP) is 3.15. The van der Waals surface area contributed by atoms with E-state index in [1.165, 1.54) is 0 Å². The Morgan fingerprint density at radius 3 is 2.40 bits per heavy atom. The summed E-state index contributed by atoms with van der Waals surface area (Å²) < 4.78 is 39.1. The van der Waals surface area contributed by atoms with Gasteiger partial charge >= 0.3 is 0 Å². The van der Waals surface area contributed by atoms with Crippen molar-refractivity contribution in [3.63, 3.8) is 0 Å². The first-order valence-corrected chi connectivity index (χ1v) is 5.39. The van der Waals surface area contributed by atoms with E-state index in [9.17, 15) is 13.2 Å². The molecular formula is C10H11BrF3N. The first kappa shape index (κ1) is 12.5. The second-order valence-corrected chi connectivity index (χ2v) is 3.99. The lowest BCUT2D eigenvalue weighted by atomic mass is 10.1. The Morgan fingerprint density at radius 1 is 1.13 bits per heavy atom. The highest BCUT2D eigenvalue weighted by Crippen LogP contribution is 2.26. The maximum atomic E-state index is 13.4. The largest absolute Gasteiger partial charge is 0.330 e. The summed E-state index contributed by atoms with van der Waals surface area (Å²) in [4.78, 5) is 0. The van der Waals surface area contributed by atoms with Crippen LogP contribution in [0.3, 0.4) is 0 Å². The Balaban J connectivity index is 2.92. The van der Waals surface area contributed by atoms with E-state index in [1.807, 2.05) is 0 Å². The molecule has 1 nitrogen and oxygen atoms in total. The number of rotatable bonds is 4. The van der Waals surface area contributed by atoms with Gasteiger partial charge in [-0.05, 0) is 41.7 Å². The zero-order chi connectivity index (χ0) is 11.4. The van der Waals surface area contributed by atoms with E-state index in [1.54, 1.807) is 0 Å². The Morgan fingerprint density at radius 2 is 1.80 bits per heavy atom. The summed E-state index contributed by atoms with van der Waals surface area (Å²) in [5.74, 6) is -2.62. The van der Waals surface area contributed by atoms with Crippen molar-refractivity contribution < 1.29 is 13.2 Å². The normalized spacial score (nSPS) is 10.7. The summed E-state index contributed by atoms with van der Waals surface area (Å²) in [7, 11) is 0. The molecule has 0 aromatic heterocycles. The van der Waals surface area contributed by atoms with E-state index in [4.69, 9.17) is 5.73 Å². The Bertz CT molecular complexity index is 355. The van der Waals surface area contributed by atoms with Crippen molar-refractivity contribution >= 4 is 15.9 Å². The van der Waals surface area contributed by atoms with Crippen molar-refractivity contribution in [3.8, 4) is 0 Å². The maximum Gasteiger partial charge on any atom is 0.146 e. The van der Waals surface area contributed by atoms with Crippen molar-refractivity contribution in [1.29, 1.82) is 0 Å². The van der Waals surface area contributed by atoms with Crippen LogP contribution in [0.5, 0.6) is 0 Å². The molecule has 0 aliphatic rings. The fourth-order valence-corrected chi connectivity index (χ4v) is 1.63. The van der Waals surface area contributed by atoms with Crippen LogP contribution in [0, 0.1) is 17.5 Å². The van der Waals surface area contributed by atoms with Crippen LogP contribution in [0.15, 0.2) is 10.5 Å². The third-order valence-electron chi connectivity index (χ3n) is 2.09. The zero-order valence-electron chi connectivity index (χ0n) is 7.99. The Hall–Kier alpha value is -0.550. The van der Waals surface area contributed by atoms with Crippen LogP contribution in [0.1, 0.15) is 18.4 Å². The molecule has 0 atom stereocenters. The van der Waals surface area contributed by atoms with E-state index in [0.717, 1.165) is 0 Å². The van der Waals surface area contributed by atoms with Gasteiger partial charge in [0.15, 0.2) is 0 Å². The molecule has 0 amide bonds. The number of unbranched alkanes of at least 4 members (excludes halogenated alkanes) is 1. The van der Waals surface area contributed by atoms with Crippen molar-refractivity contribution in [3.05, 3.63) is 33.6 Å². The third-order valence-corrected chi connectivity index (χ3v) is 2.82. The molecule has 2 N–H and O–H groups in total. The molecule has 0 aliphatic carbocycles. The molecule has 15 heavy (non-hydrogen) atoms. The highest BCUT2D eigenvalue weighted by atomic mass is 79.9. The zero-order valence-corrected chi connectivity index (χ0v) is 9.58. The van der Waals surface area contributed by atoms with Gasteiger partial charge in [-0.2, -0.15) is 0 Å². The number of benzene rings is 1. The number of hydrogen-bond acceptors (Lipinski definition) is 1. The molecule has 0 fully saturated rings. The van der Waals surface area contributed by atoms with E-state index in [0.29, 0.717) is 25.5 Å². The standard InChI is InChI=1S/C10H11BrF3N/c11-9-8(13)5-7(12)6(10(9)14)3-1-2-4-15/h5H,1-4,15H2. The van der Waals surface area contributed by atoms with Gasteiger partial charge in [0, 0.05) is 11.6 Å². The molecular weight excluding hydrogens is 271 g/mol. The summed E-state index contributed by atoms with van der Waals surface area (Å²) >= 11 is 2.73. The monoisotopic (exact) mass is 281 g/mol. The average Bonchev–Trinajstić information content (AvgIpc) is 2.20. The molecule has 0 saturated carbocycles. The second-order valence-electron chi connectivity index (χ2n) is 3.19. The fraction of sp³-hybridized carbons (Fsp3) is 0.400. The van der Waals surface area contributed by atoms with Gasteiger partial charge in [-0.1, -0.05) is 0 Å². The van der Waals surface area contributed by atoms with E-state index < -0.39 is 17.5 Å². The molecule has 0 spiro atoms. The average molecular weight is 282 g/mol. The molecule has 84 valence electrons. The Labute approximate surface area is 94.6 Å². The second kappa shape index (κ2) is 5.51. The maximum absolute atomic E-state index is 13.4. The van der Waals surface area contributed by atoms with Gasteiger partial charge in [0.05, 0.1) is 4.47 Å². The van der Waals surface area contributed by atoms with Gasteiger partial charge in [0.25, 0.3) is 0 Å². The predicted molar refractivity (Wildman–Crippen MR) is 56.0 cm³/mol. The minimum Gasteiger partial charge on any atom is -0.330 e. The number of halogens is 4. The first-order chi connectivity index (χ1) is 7.07. The smallest absolute Gasteiger partial charge is 0.146 e. The SMILES string of the molecule is NCCCCc1c(F)cc(F)c(Br)c1F. The summed E-state index contributed by atoms with van der Waals surface area (Å²) in [6.07, 6.45) is 1.50. The van der Waals surface area contributed by atoms with Crippen LogP contribution in [-0.4, -0.2) is 6.54 Å². The quantitative estimate of drug-likeness (QED) is 0.512. The molecule has 1 aromatic rings. The van der Waals surface area contributed by atoms with Crippen molar-refractivity contribution in [2.75, 3.05) is 6.54 Å². The van der Waals surface area contributed by atoms with Crippen LogP contribution in [0.4, 0.5) is 13.2 Å². The summed E-state index contributed by atoms with van der Waals surface area (Å²) in [5.41, 5.74) is 5.18. The highest BCUT2D eigenvalue weighted by Gasteiger charge is 2.16. The van der Waals surface area contributed by atoms with Crippen molar-refractivity contribution in [2.24, 2.45) is 5.73 Å². The van der Waals surface area contributed by atoms with Crippen LogP contribution in [0.2, 0.25) is 0 Å². The molecule has 1 aromatic carbocycles. The lowest BCUT2D eigenvalue weighted by Gasteiger charge is -2.06. The van der Waals surface area contributed by atoms with Crippen molar-refractivity contribution in [1.82, 2.24) is 0 Å². The minimum atomic E-state index is -0.924. The van der Waals surface area contributed by atoms with Crippen molar-refractivity contribution in [2.45, 2.75) is 19.3 Å². The Kier molecular flexibility index (Phi) is 4.60. The molecule has 0 bridgehead atoms. The van der Waals surface area contributed by atoms with Gasteiger partial charge < -0.3 is 5.73 Å². The van der Waals surface area contributed by atoms with Crippen LogP contribution in [0.25, 0.3) is 0 Å². The van der Waals surface area contributed by atoms with E-state index in [-0.39, 0.29) is 16.5 Å². The van der Waals surface area contributed by atoms with Gasteiger partial charge in [0.2, 0.25) is 0 Å². The van der Waals surface area contributed by atoms with Gasteiger partial charge in [-0.25, -0.2) is 13.2 Å². The molecule has 5 heteroatoms. The van der Waals surface area contributed by atoms with E-state index >= 15 is 0 Å². The van der Waals surface area contributed by atoms with Crippen LogP contribution < -0.4 is 5.73 Å². The van der Waals surface area contributed by atoms with Gasteiger partial charge in [0.1, 0.15) is 17.5 Å². The first-order valence-electron chi connectivity index (χ1n) is 4.60. The lowest BCUT2D eigenvalue weighted by Crippen LogP contribution is -2.03. The molecule has 0 aliphatic heterocycles. The van der Waals surface area contributed by atoms with Gasteiger partial charge in [-0.15, -0.1) is 0 Å². The van der Waals surface area contributed by atoms with Crippen LogP contribution in [-0.2, 0) is 6.42 Å². The molecule has 1 rings (SSSR count). The summed E-state index contributed by atoms with van der Waals surface area (Å²) in [6, 6.07) is 0.685. The fourth-order valence-electron chi connectivity index (χ4n) is 1.28. The molecule has 0 saturated heterocycles. The molecule has 0 unspecified atom stereocenters. The highest BCUT2D eigenvalue weighted by molar-refractivity contribution is 9.10. The topological polar surface area (TPSA) is 26.0 Å². The van der Waals surface area contributed by atoms with Gasteiger partial charge in [-0.3, -0.25) is 0 Å². The minimum absolute atomic E-state index is 0.0864. The molecule has 0 heterocycles. The molecule has 0 radical (unpaired) electrons.